The number of aromatic carboxylic acids is 1. The van der Waals surface area contributed by atoms with E-state index in [2.05, 4.69) is 10.6 Å². The number of carboxylic acids is 1. The van der Waals surface area contributed by atoms with Crippen molar-refractivity contribution >= 4 is 29.2 Å². The Balaban J connectivity index is 2.06. The molecule has 0 saturated carbocycles. The van der Waals surface area contributed by atoms with Crippen LogP contribution in [-0.4, -0.2) is 30.1 Å². The molecule has 1 heterocycles. The van der Waals surface area contributed by atoms with Gasteiger partial charge in [0.05, 0.1) is 22.2 Å². The Labute approximate surface area is 116 Å². The Hall–Kier alpha value is -1.59. The molecule has 6 heteroatoms. The van der Waals surface area contributed by atoms with Crippen molar-refractivity contribution in [2.24, 2.45) is 5.92 Å². The van der Waals surface area contributed by atoms with Crippen LogP contribution in [0.3, 0.4) is 0 Å². The van der Waals surface area contributed by atoms with E-state index in [0.29, 0.717) is 12.2 Å². The summed E-state index contributed by atoms with van der Waals surface area (Å²) in [5.41, 5.74) is 0.546. The predicted molar refractivity (Wildman–Crippen MR) is 72.6 cm³/mol. The summed E-state index contributed by atoms with van der Waals surface area (Å²) in [5.74, 6) is -1.20. The zero-order chi connectivity index (χ0) is 13.8. The highest BCUT2D eigenvalue weighted by atomic mass is 35.5. The minimum atomic E-state index is -1.05. The Kier molecular flexibility index (Phi) is 4.39. The number of anilines is 1. The van der Waals surface area contributed by atoms with E-state index >= 15 is 0 Å². The number of carboxylic acid groups (broad SMARTS) is 1. The molecule has 0 aliphatic carbocycles. The maximum atomic E-state index is 12.0. The van der Waals surface area contributed by atoms with Gasteiger partial charge in [-0.1, -0.05) is 11.6 Å². The van der Waals surface area contributed by atoms with Crippen LogP contribution in [0.15, 0.2) is 18.2 Å². The van der Waals surface area contributed by atoms with E-state index in [-0.39, 0.29) is 22.4 Å². The Morgan fingerprint density at radius 1 is 1.42 bits per heavy atom. The van der Waals surface area contributed by atoms with Crippen LogP contribution in [-0.2, 0) is 4.79 Å². The standard InChI is InChI=1S/C13H15ClN2O3/c14-10-6-8(13(18)19)3-4-11(10)16-12(17)9-2-1-5-15-7-9/h3-4,6,9,15H,1-2,5,7H2,(H,16,17)(H,18,19)/t9-/m1/s1. The third-order valence-electron chi connectivity index (χ3n) is 3.14. The average Bonchev–Trinajstić information content (AvgIpc) is 2.41. The van der Waals surface area contributed by atoms with Crippen molar-refractivity contribution in [3.63, 3.8) is 0 Å². The molecule has 0 unspecified atom stereocenters. The van der Waals surface area contributed by atoms with Gasteiger partial charge in [-0.15, -0.1) is 0 Å². The monoisotopic (exact) mass is 282 g/mol. The zero-order valence-electron chi connectivity index (χ0n) is 10.3. The summed E-state index contributed by atoms with van der Waals surface area (Å²) in [6, 6.07) is 4.27. The molecule has 1 fully saturated rings. The molecule has 1 atom stereocenters. The maximum Gasteiger partial charge on any atom is 0.335 e. The van der Waals surface area contributed by atoms with Gasteiger partial charge < -0.3 is 15.7 Å². The van der Waals surface area contributed by atoms with Crippen molar-refractivity contribution in [1.82, 2.24) is 5.32 Å². The molecule has 2 rings (SSSR count). The summed E-state index contributed by atoms with van der Waals surface area (Å²) >= 11 is 5.96. The minimum Gasteiger partial charge on any atom is -0.478 e. The van der Waals surface area contributed by atoms with Gasteiger partial charge in [-0.2, -0.15) is 0 Å². The molecule has 5 nitrogen and oxygen atoms in total. The van der Waals surface area contributed by atoms with Gasteiger partial charge in [0.2, 0.25) is 5.91 Å². The fourth-order valence-corrected chi connectivity index (χ4v) is 2.29. The van der Waals surface area contributed by atoms with E-state index in [1.807, 2.05) is 0 Å². The van der Waals surface area contributed by atoms with Crippen molar-refractivity contribution < 1.29 is 14.7 Å². The van der Waals surface area contributed by atoms with Gasteiger partial charge in [0.1, 0.15) is 0 Å². The Morgan fingerprint density at radius 2 is 2.21 bits per heavy atom. The summed E-state index contributed by atoms with van der Waals surface area (Å²) in [5, 5.41) is 15.0. The van der Waals surface area contributed by atoms with Gasteiger partial charge in [0, 0.05) is 6.54 Å². The van der Waals surface area contributed by atoms with Gasteiger partial charge in [-0.05, 0) is 37.6 Å². The molecule has 0 bridgehead atoms. The van der Waals surface area contributed by atoms with Crippen molar-refractivity contribution in [2.75, 3.05) is 18.4 Å². The number of halogens is 1. The van der Waals surface area contributed by atoms with Crippen LogP contribution in [0.2, 0.25) is 5.02 Å². The number of benzene rings is 1. The Bertz CT molecular complexity index is 499. The van der Waals surface area contributed by atoms with Crippen LogP contribution in [0.25, 0.3) is 0 Å². The van der Waals surface area contributed by atoms with E-state index in [9.17, 15) is 9.59 Å². The van der Waals surface area contributed by atoms with Gasteiger partial charge in [0.25, 0.3) is 0 Å². The molecule has 1 aliphatic rings. The predicted octanol–water partition coefficient (Wildman–Crippen LogP) is 1.98. The fourth-order valence-electron chi connectivity index (χ4n) is 2.06. The summed E-state index contributed by atoms with van der Waals surface area (Å²) in [7, 11) is 0. The molecular formula is C13H15ClN2O3. The Morgan fingerprint density at radius 3 is 2.79 bits per heavy atom. The number of nitrogens with one attached hydrogen (secondary N) is 2. The molecule has 1 amide bonds. The van der Waals surface area contributed by atoms with E-state index in [0.717, 1.165) is 19.4 Å². The van der Waals surface area contributed by atoms with Gasteiger partial charge in [0.15, 0.2) is 0 Å². The van der Waals surface area contributed by atoms with Gasteiger partial charge in [-0.3, -0.25) is 4.79 Å². The number of carbonyl (C=O) groups excluding carboxylic acids is 1. The molecule has 0 aromatic heterocycles. The van der Waals surface area contributed by atoms with E-state index in [1.54, 1.807) is 0 Å². The molecule has 1 saturated heterocycles. The van der Waals surface area contributed by atoms with Crippen LogP contribution in [0.1, 0.15) is 23.2 Å². The second kappa shape index (κ2) is 6.04. The first-order valence-electron chi connectivity index (χ1n) is 6.12. The van der Waals surface area contributed by atoms with Crippen molar-refractivity contribution in [3.05, 3.63) is 28.8 Å². The quantitative estimate of drug-likeness (QED) is 0.792. The smallest absolute Gasteiger partial charge is 0.335 e. The maximum absolute atomic E-state index is 12.0. The lowest BCUT2D eigenvalue weighted by atomic mass is 9.99. The lowest BCUT2D eigenvalue weighted by molar-refractivity contribution is -0.120. The van der Waals surface area contributed by atoms with Crippen LogP contribution in [0.4, 0.5) is 5.69 Å². The first-order chi connectivity index (χ1) is 9.08. The van der Waals surface area contributed by atoms with E-state index < -0.39 is 5.97 Å². The number of carbonyl (C=O) groups is 2. The highest BCUT2D eigenvalue weighted by Crippen LogP contribution is 2.24. The van der Waals surface area contributed by atoms with Crippen LogP contribution in [0.5, 0.6) is 0 Å². The van der Waals surface area contributed by atoms with E-state index in [1.165, 1.54) is 18.2 Å². The third kappa shape index (κ3) is 3.45. The van der Waals surface area contributed by atoms with Gasteiger partial charge >= 0.3 is 5.97 Å². The summed E-state index contributed by atoms with van der Waals surface area (Å²) in [6.45, 7) is 1.61. The number of amides is 1. The summed E-state index contributed by atoms with van der Waals surface area (Å²) < 4.78 is 0. The molecule has 1 aliphatic heterocycles. The molecule has 3 N–H and O–H groups in total. The third-order valence-corrected chi connectivity index (χ3v) is 3.45. The highest BCUT2D eigenvalue weighted by Gasteiger charge is 2.21. The molecule has 102 valence electrons. The SMILES string of the molecule is O=C(O)c1ccc(NC(=O)[C@@H]2CCCNC2)c(Cl)c1. The van der Waals surface area contributed by atoms with Crippen LogP contribution < -0.4 is 10.6 Å². The largest absolute Gasteiger partial charge is 0.478 e. The normalized spacial score (nSPS) is 18.9. The van der Waals surface area contributed by atoms with Crippen molar-refractivity contribution in [2.45, 2.75) is 12.8 Å². The van der Waals surface area contributed by atoms with Crippen molar-refractivity contribution in [1.29, 1.82) is 0 Å². The van der Waals surface area contributed by atoms with E-state index in [4.69, 9.17) is 16.7 Å². The van der Waals surface area contributed by atoms with Crippen LogP contribution in [0, 0.1) is 5.92 Å². The number of rotatable bonds is 3. The molecule has 1 aromatic carbocycles. The lowest BCUT2D eigenvalue weighted by Gasteiger charge is -2.22. The van der Waals surface area contributed by atoms with Crippen LogP contribution >= 0.6 is 11.6 Å². The average molecular weight is 283 g/mol. The summed E-state index contributed by atoms with van der Waals surface area (Å²) in [6.07, 6.45) is 1.83. The number of piperidine rings is 1. The molecule has 19 heavy (non-hydrogen) atoms. The highest BCUT2D eigenvalue weighted by molar-refractivity contribution is 6.34. The number of hydrogen-bond acceptors (Lipinski definition) is 3. The topological polar surface area (TPSA) is 78.4 Å². The molecule has 0 spiro atoms. The lowest BCUT2D eigenvalue weighted by Crippen LogP contribution is -2.37. The zero-order valence-corrected chi connectivity index (χ0v) is 11.0. The first-order valence-corrected chi connectivity index (χ1v) is 6.50. The van der Waals surface area contributed by atoms with Crippen molar-refractivity contribution in [3.8, 4) is 0 Å². The fraction of sp³-hybridized carbons (Fsp3) is 0.385. The molecule has 0 radical (unpaired) electrons. The van der Waals surface area contributed by atoms with Gasteiger partial charge in [-0.25, -0.2) is 4.79 Å². The second-order valence-electron chi connectivity index (χ2n) is 4.53. The molecular weight excluding hydrogens is 268 g/mol. The number of hydrogen-bond donors (Lipinski definition) is 3. The minimum absolute atomic E-state index is 0.0658. The first kappa shape index (κ1) is 13.8. The molecule has 1 aromatic rings. The second-order valence-corrected chi connectivity index (χ2v) is 4.94. The summed E-state index contributed by atoms with van der Waals surface area (Å²) in [4.78, 5) is 22.8.